The number of alkyl halides is 3. The van der Waals surface area contributed by atoms with Gasteiger partial charge in [-0.2, -0.15) is 18.3 Å². The molecule has 1 unspecified atom stereocenters. The van der Waals surface area contributed by atoms with Gasteiger partial charge in [-0.1, -0.05) is 17.8 Å². The number of benzene rings is 1. The molecular weight excluding hydrogens is 473 g/mol. The number of aromatic hydroxyl groups is 1. The quantitative estimate of drug-likeness (QED) is 0.371. The van der Waals surface area contributed by atoms with Crippen LogP contribution < -0.4 is 4.90 Å². The van der Waals surface area contributed by atoms with Crippen molar-refractivity contribution in [2.24, 2.45) is 5.10 Å². The first-order valence-electron chi connectivity index (χ1n) is 9.83. The Bertz CT molecular complexity index is 1210. The summed E-state index contributed by atoms with van der Waals surface area (Å²) in [4.78, 5) is 18.4. The molecule has 1 aromatic carbocycles. The highest BCUT2D eigenvalue weighted by Crippen LogP contribution is 2.48. The maximum atomic E-state index is 12.9. The SMILES string of the molecule is COC=C(C(=O)OC)C1=C(C)N2N=CN(c3cccc(-c4ccc(C(F)(F)F)cn4)c3O)C2S1. The number of phenols is 1. The number of methoxy groups -OCH3 is 2. The van der Waals surface area contributed by atoms with Crippen molar-refractivity contribution in [1.82, 2.24) is 9.99 Å². The summed E-state index contributed by atoms with van der Waals surface area (Å²) in [5.74, 6) is -0.742. The van der Waals surface area contributed by atoms with Crippen LogP contribution in [0.15, 0.2) is 64.1 Å². The maximum Gasteiger partial charge on any atom is 0.417 e. The Labute approximate surface area is 197 Å². The molecule has 1 atom stereocenters. The van der Waals surface area contributed by atoms with Crippen LogP contribution in [0.2, 0.25) is 0 Å². The molecule has 0 amide bonds. The summed E-state index contributed by atoms with van der Waals surface area (Å²) in [7, 11) is 2.69. The predicted octanol–water partition coefficient (Wildman–Crippen LogP) is 4.50. The van der Waals surface area contributed by atoms with E-state index in [1.54, 1.807) is 35.0 Å². The van der Waals surface area contributed by atoms with E-state index < -0.39 is 23.2 Å². The Balaban J connectivity index is 1.65. The van der Waals surface area contributed by atoms with Gasteiger partial charge in [0, 0.05) is 16.7 Å². The Kier molecular flexibility index (Phi) is 6.17. The van der Waals surface area contributed by atoms with Gasteiger partial charge < -0.3 is 14.6 Å². The number of carbonyl (C=O) groups is 1. The van der Waals surface area contributed by atoms with Gasteiger partial charge in [0.25, 0.3) is 0 Å². The number of esters is 1. The van der Waals surface area contributed by atoms with E-state index in [-0.39, 0.29) is 22.6 Å². The summed E-state index contributed by atoms with van der Waals surface area (Å²) in [5, 5.41) is 17.0. The second-order valence-corrected chi connectivity index (χ2v) is 8.27. The number of hydrogen-bond donors (Lipinski definition) is 1. The zero-order valence-corrected chi connectivity index (χ0v) is 19.0. The number of halogens is 3. The molecule has 12 heteroatoms. The number of anilines is 1. The summed E-state index contributed by atoms with van der Waals surface area (Å²) in [5.41, 5.74) is 0.391. The van der Waals surface area contributed by atoms with Gasteiger partial charge in [0.2, 0.25) is 0 Å². The molecule has 1 aromatic heterocycles. The Morgan fingerprint density at radius 1 is 1.24 bits per heavy atom. The number of thioether (sulfide) groups is 1. The van der Waals surface area contributed by atoms with E-state index >= 15 is 0 Å². The standard InChI is InChI=1S/C22H19F3N4O4S/c1-12-19(15(10-32-2)20(31)33-3)34-21-28(11-27-29(12)21)17-6-4-5-14(18(17)30)16-8-7-13(9-26-16)22(23,24)25/h4-11,21,30H,1-3H3. The highest BCUT2D eigenvalue weighted by atomic mass is 32.2. The molecule has 0 bridgehead atoms. The average molecular weight is 492 g/mol. The fourth-order valence-electron chi connectivity index (χ4n) is 3.53. The van der Waals surface area contributed by atoms with Crippen molar-refractivity contribution in [2.45, 2.75) is 18.6 Å². The van der Waals surface area contributed by atoms with Gasteiger partial charge in [0.1, 0.15) is 17.7 Å². The van der Waals surface area contributed by atoms with Crippen LogP contribution in [0.3, 0.4) is 0 Å². The minimum atomic E-state index is -4.51. The third-order valence-electron chi connectivity index (χ3n) is 5.19. The molecule has 8 nitrogen and oxygen atoms in total. The third-order valence-corrected chi connectivity index (χ3v) is 6.58. The predicted molar refractivity (Wildman–Crippen MR) is 120 cm³/mol. The fourth-order valence-corrected chi connectivity index (χ4v) is 4.85. The number of fused-ring (bicyclic) bond motifs is 1. The number of hydrogen-bond acceptors (Lipinski definition) is 9. The summed E-state index contributed by atoms with van der Waals surface area (Å²) in [6.07, 6.45) is -0.964. The lowest BCUT2D eigenvalue weighted by Gasteiger charge is -2.25. The molecule has 0 fully saturated rings. The van der Waals surface area contributed by atoms with E-state index in [0.29, 0.717) is 16.3 Å². The van der Waals surface area contributed by atoms with Crippen molar-refractivity contribution in [3.63, 3.8) is 0 Å². The second kappa shape index (κ2) is 8.93. The van der Waals surface area contributed by atoms with Crippen LogP contribution in [0.4, 0.5) is 18.9 Å². The van der Waals surface area contributed by atoms with Gasteiger partial charge in [-0.05, 0) is 31.2 Å². The number of phenolic OH excluding ortho intramolecular Hbond substituents is 1. The first-order chi connectivity index (χ1) is 16.2. The van der Waals surface area contributed by atoms with Crippen LogP contribution in [-0.2, 0) is 20.4 Å². The van der Waals surface area contributed by atoms with Gasteiger partial charge in [-0.3, -0.25) is 9.88 Å². The van der Waals surface area contributed by atoms with E-state index in [1.165, 1.54) is 44.6 Å². The molecule has 2 aromatic rings. The molecule has 4 rings (SSSR count). The minimum absolute atomic E-state index is 0.171. The van der Waals surface area contributed by atoms with E-state index in [1.807, 2.05) is 0 Å². The molecular formula is C22H19F3N4O4S. The summed E-state index contributed by atoms with van der Waals surface area (Å²) < 4.78 is 48.5. The normalized spacial score (nSPS) is 17.9. The van der Waals surface area contributed by atoms with Crippen molar-refractivity contribution in [3.05, 3.63) is 64.5 Å². The molecule has 0 aliphatic carbocycles. The van der Waals surface area contributed by atoms with Gasteiger partial charge in [0.05, 0.1) is 43.1 Å². The van der Waals surface area contributed by atoms with Gasteiger partial charge >= 0.3 is 12.1 Å². The van der Waals surface area contributed by atoms with Gasteiger partial charge in [0.15, 0.2) is 5.50 Å². The van der Waals surface area contributed by atoms with Gasteiger partial charge in [-0.15, -0.1) is 0 Å². The van der Waals surface area contributed by atoms with Crippen LogP contribution in [0.25, 0.3) is 11.3 Å². The van der Waals surface area contributed by atoms with Crippen molar-refractivity contribution in [2.75, 3.05) is 19.1 Å². The van der Waals surface area contributed by atoms with Crippen molar-refractivity contribution < 1.29 is 32.5 Å². The van der Waals surface area contributed by atoms with Crippen LogP contribution in [-0.4, -0.2) is 47.1 Å². The lowest BCUT2D eigenvalue weighted by atomic mass is 10.1. The highest BCUT2D eigenvalue weighted by molar-refractivity contribution is 8.04. The number of carbonyl (C=O) groups excluding carboxylic acids is 1. The number of ether oxygens (including phenoxy) is 2. The van der Waals surface area contributed by atoms with Crippen molar-refractivity contribution >= 4 is 29.8 Å². The molecule has 3 heterocycles. The van der Waals surface area contributed by atoms with Crippen LogP contribution >= 0.6 is 11.8 Å². The highest BCUT2D eigenvalue weighted by Gasteiger charge is 2.42. The lowest BCUT2D eigenvalue weighted by molar-refractivity contribution is -0.138. The molecule has 0 saturated heterocycles. The Hall–Kier alpha value is -3.67. The van der Waals surface area contributed by atoms with E-state index in [0.717, 1.165) is 12.3 Å². The Morgan fingerprint density at radius 3 is 2.62 bits per heavy atom. The topological polar surface area (TPSA) is 87.5 Å². The molecule has 0 radical (unpaired) electrons. The second-order valence-electron chi connectivity index (χ2n) is 7.20. The third kappa shape index (κ3) is 4.04. The van der Waals surface area contributed by atoms with Crippen LogP contribution in [0, 0.1) is 0 Å². The number of nitrogens with zero attached hydrogens (tertiary/aromatic N) is 4. The zero-order valence-electron chi connectivity index (χ0n) is 18.2. The molecule has 1 N–H and O–H groups in total. The van der Waals surface area contributed by atoms with E-state index in [4.69, 9.17) is 9.47 Å². The van der Waals surface area contributed by atoms with Crippen molar-refractivity contribution in [1.29, 1.82) is 0 Å². The van der Waals surface area contributed by atoms with E-state index in [2.05, 4.69) is 10.1 Å². The summed E-state index contributed by atoms with van der Waals surface area (Å²) in [6.45, 7) is 1.79. The van der Waals surface area contributed by atoms with Crippen LogP contribution in [0.1, 0.15) is 12.5 Å². The van der Waals surface area contributed by atoms with Crippen molar-refractivity contribution in [3.8, 4) is 17.0 Å². The Morgan fingerprint density at radius 2 is 2.00 bits per heavy atom. The fraction of sp³-hybridized carbons (Fsp3) is 0.227. The summed E-state index contributed by atoms with van der Waals surface area (Å²) in [6, 6.07) is 6.99. The molecule has 0 saturated carbocycles. The molecule has 178 valence electrons. The number of hydrazone groups is 1. The first kappa shape index (κ1) is 23.5. The largest absolute Gasteiger partial charge is 0.505 e. The number of aromatic nitrogens is 1. The lowest BCUT2D eigenvalue weighted by Crippen LogP contribution is -2.33. The number of para-hydroxylation sites is 1. The maximum absolute atomic E-state index is 12.9. The number of rotatable bonds is 5. The molecule has 34 heavy (non-hydrogen) atoms. The molecule has 0 spiro atoms. The zero-order chi connectivity index (χ0) is 24.6. The molecule has 2 aliphatic rings. The number of allylic oxidation sites excluding steroid dienone is 1. The smallest absolute Gasteiger partial charge is 0.417 e. The average Bonchev–Trinajstić information content (AvgIpc) is 3.37. The summed E-state index contributed by atoms with van der Waals surface area (Å²) >= 11 is 1.30. The first-order valence-corrected chi connectivity index (χ1v) is 10.7. The van der Waals surface area contributed by atoms with Gasteiger partial charge in [-0.25, -0.2) is 9.80 Å². The number of pyridine rings is 1. The minimum Gasteiger partial charge on any atom is -0.505 e. The van der Waals surface area contributed by atoms with Crippen LogP contribution in [0.5, 0.6) is 5.75 Å². The van der Waals surface area contributed by atoms with E-state index in [9.17, 15) is 23.1 Å². The monoisotopic (exact) mass is 492 g/mol. The molecule has 2 aliphatic heterocycles.